The molecule has 1 atom stereocenters. The van der Waals surface area contributed by atoms with E-state index < -0.39 is 0 Å². The molecule has 1 aromatic heterocycles. The van der Waals surface area contributed by atoms with E-state index in [4.69, 9.17) is 12.2 Å². The summed E-state index contributed by atoms with van der Waals surface area (Å²) in [5.41, 5.74) is 4.95. The van der Waals surface area contributed by atoms with Crippen molar-refractivity contribution in [1.29, 1.82) is 0 Å². The van der Waals surface area contributed by atoms with E-state index in [1.807, 2.05) is 24.3 Å². The molecule has 1 unspecified atom stereocenters. The largest absolute Gasteiger partial charge is 0.343 e. The van der Waals surface area contributed by atoms with Gasteiger partial charge in [0.25, 0.3) is 0 Å². The van der Waals surface area contributed by atoms with Gasteiger partial charge in [-0.15, -0.1) is 0 Å². The summed E-state index contributed by atoms with van der Waals surface area (Å²) >= 11 is 5.35. The molecule has 0 spiro atoms. The van der Waals surface area contributed by atoms with Gasteiger partial charge in [0.05, 0.1) is 0 Å². The summed E-state index contributed by atoms with van der Waals surface area (Å²) < 4.78 is 0.645. The van der Waals surface area contributed by atoms with Crippen LogP contribution < -0.4 is 0 Å². The molecule has 2 aromatic carbocycles. The summed E-state index contributed by atoms with van der Waals surface area (Å²) in [7, 11) is 0. The molecule has 0 saturated carbocycles. The number of hydrogen-bond donors (Lipinski definition) is 1. The fraction of sp³-hybridized carbons (Fsp3) is 0.111. The molecule has 102 valence electrons. The SMILES string of the molecule is S=c1cc(-c2ccccc2)[nH]c(C2Cc3ccccc32)n1. The molecule has 1 N–H and O–H groups in total. The van der Waals surface area contributed by atoms with E-state index in [-0.39, 0.29) is 0 Å². The number of rotatable bonds is 2. The Labute approximate surface area is 128 Å². The minimum atomic E-state index is 0.339. The molecule has 0 bridgehead atoms. The summed E-state index contributed by atoms with van der Waals surface area (Å²) in [5, 5.41) is 0. The normalized spacial score (nSPS) is 16.1. The van der Waals surface area contributed by atoms with E-state index in [2.05, 4.69) is 46.4 Å². The number of aromatic nitrogens is 2. The molecule has 21 heavy (non-hydrogen) atoms. The van der Waals surface area contributed by atoms with Crippen LogP contribution in [0.25, 0.3) is 11.3 Å². The highest BCUT2D eigenvalue weighted by Crippen LogP contribution is 2.38. The molecular weight excluding hydrogens is 276 g/mol. The fourth-order valence-electron chi connectivity index (χ4n) is 2.92. The summed E-state index contributed by atoms with van der Waals surface area (Å²) in [6.07, 6.45) is 1.03. The van der Waals surface area contributed by atoms with E-state index in [9.17, 15) is 0 Å². The average Bonchev–Trinajstić information content (AvgIpc) is 2.49. The van der Waals surface area contributed by atoms with Gasteiger partial charge in [-0.25, -0.2) is 4.98 Å². The molecule has 0 aliphatic heterocycles. The predicted molar refractivity (Wildman–Crippen MR) is 86.8 cm³/mol. The van der Waals surface area contributed by atoms with Crippen molar-refractivity contribution in [3.63, 3.8) is 0 Å². The summed E-state index contributed by atoms with van der Waals surface area (Å²) in [5.74, 6) is 1.31. The first-order valence-electron chi connectivity index (χ1n) is 7.06. The van der Waals surface area contributed by atoms with Gasteiger partial charge in [-0.2, -0.15) is 0 Å². The Balaban J connectivity index is 1.79. The topological polar surface area (TPSA) is 28.7 Å². The lowest BCUT2D eigenvalue weighted by Gasteiger charge is -2.29. The number of aromatic amines is 1. The zero-order valence-electron chi connectivity index (χ0n) is 11.4. The Kier molecular flexibility index (Phi) is 2.93. The van der Waals surface area contributed by atoms with E-state index >= 15 is 0 Å². The van der Waals surface area contributed by atoms with Gasteiger partial charge in [0.15, 0.2) is 0 Å². The van der Waals surface area contributed by atoms with Crippen molar-refractivity contribution >= 4 is 12.2 Å². The molecule has 3 aromatic rings. The minimum Gasteiger partial charge on any atom is -0.343 e. The third-order valence-electron chi connectivity index (χ3n) is 4.03. The van der Waals surface area contributed by atoms with Crippen molar-refractivity contribution in [1.82, 2.24) is 9.97 Å². The van der Waals surface area contributed by atoms with Crippen LogP contribution in [0.3, 0.4) is 0 Å². The Morgan fingerprint density at radius 3 is 2.57 bits per heavy atom. The number of hydrogen-bond acceptors (Lipinski definition) is 2. The van der Waals surface area contributed by atoms with Crippen molar-refractivity contribution < 1.29 is 0 Å². The maximum absolute atomic E-state index is 5.35. The van der Waals surface area contributed by atoms with Crippen LogP contribution in [0.1, 0.15) is 22.9 Å². The molecule has 0 fully saturated rings. The summed E-state index contributed by atoms with van der Waals surface area (Å²) in [6.45, 7) is 0. The van der Waals surface area contributed by atoms with Crippen molar-refractivity contribution in [3.8, 4) is 11.3 Å². The second-order valence-corrected chi connectivity index (χ2v) is 5.76. The van der Waals surface area contributed by atoms with Crippen LogP contribution in [-0.4, -0.2) is 9.97 Å². The molecule has 0 amide bonds. The van der Waals surface area contributed by atoms with Crippen molar-refractivity contribution in [2.45, 2.75) is 12.3 Å². The highest BCUT2D eigenvalue weighted by Gasteiger charge is 2.28. The van der Waals surface area contributed by atoms with Gasteiger partial charge in [-0.05, 0) is 29.2 Å². The van der Waals surface area contributed by atoms with Crippen LogP contribution >= 0.6 is 12.2 Å². The number of nitrogens with one attached hydrogen (secondary N) is 1. The van der Waals surface area contributed by atoms with Gasteiger partial charge in [0.1, 0.15) is 10.5 Å². The Morgan fingerprint density at radius 2 is 1.76 bits per heavy atom. The van der Waals surface area contributed by atoms with Crippen molar-refractivity contribution in [2.75, 3.05) is 0 Å². The summed E-state index contributed by atoms with van der Waals surface area (Å²) in [6, 6.07) is 20.7. The summed E-state index contributed by atoms with van der Waals surface area (Å²) in [4.78, 5) is 8.01. The van der Waals surface area contributed by atoms with Gasteiger partial charge < -0.3 is 4.98 Å². The van der Waals surface area contributed by atoms with Crippen LogP contribution in [0.4, 0.5) is 0 Å². The zero-order chi connectivity index (χ0) is 14.2. The molecule has 4 rings (SSSR count). The van der Waals surface area contributed by atoms with Crippen LogP contribution in [0.5, 0.6) is 0 Å². The first kappa shape index (κ1) is 12.5. The Morgan fingerprint density at radius 1 is 1.00 bits per heavy atom. The van der Waals surface area contributed by atoms with Crippen LogP contribution in [0.15, 0.2) is 60.7 Å². The van der Waals surface area contributed by atoms with Gasteiger partial charge in [0, 0.05) is 11.6 Å². The maximum Gasteiger partial charge on any atom is 0.130 e. The molecule has 1 aliphatic rings. The van der Waals surface area contributed by atoms with Crippen molar-refractivity contribution in [2.24, 2.45) is 0 Å². The molecular formula is C18H14N2S. The first-order valence-corrected chi connectivity index (χ1v) is 7.46. The highest BCUT2D eigenvalue weighted by molar-refractivity contribution is 7.71. The van der Waals surface area contributed by atoms with E-state index in [0.717, 1.165) is 23.5 Å². The van der Waals surface area contributed by atoms with E-state index in [0.29, 0.717) is 10.6 Å². The Bertz CT molecular complexity index is 852. The third kappa shape index (κ3) is 2.20. The number of H-pyrrole nitrogens is 1. The van der Waals surface area contributed by atoms with Gasteiger partial charge >= 0.3 is 0 Å². The van der Waals surface area contributed by atoms with E-state index in [1.165, 1.54) is 11.1 Å². The molecule has 1 aliphatic carbocycles. The van der Waals surface area contributed by atoms with Crippen LogP contribution in [0, 0.1) is 4.64 Å². The lowest BCUT2D eigenvalue weighted by Crippen LogP contribution is -2.20. The fourth-order valence-corrected chi connectivity index (χ4v) is 3.13. The molecule has 0 saturated heterocycles. The molecule has 2 nitrogen and oxygen atoms in total. The van der Waals surface area contributed by atoms with E-state index in [1.54, 1.807) is 0 Å². The second-order valence-electron chi connectivity index (χ2n) is 5.34. The highest BCUT2D eigenvalue weighted by atomic mass is 32.1. The smallest absolute Gasteiger partial charge is 0.130 e. The van der Waals surface area contributed by atoms with Gasteiger partial charge in [-0.1, -0.05) is 66.8 Å². The standard InChI is InChI=1S/C18H14N2S/c21-17-11-16(12-6-2-1-3-7-12)19-18(20-17)15-10-13-8-4-5-9-14(13)15/h1-9,11,15H,10H2,(H,19,20,21). The molecule has 0 radical (unpaired) electrons. The molecule has 1 heterocycles. The first-order chi connectivity index (χ1) is 10.3. The monoisotopic (exact) mass is 290 g/mol. The minimum absolute atomic E-state index is 0.339. The Hall–Kier alpha value is -2.26. The van der Waals surface area contributed by atoms with Crippen LogP contribution in [0.2, 0.25) is 0 Å². The quantitative estimate of drug-likeness (QED) is 0.704. The van der Waals surface area contributed by atoms with Crippen molar-refractivity contribution in [3.05, 3.63) is 82.3 Å². The number of fused-ring (bicyclic) bond motifs is 1. The third-order valence-corrected chi connectivity index (χ3v) is 4.24. The second kappa shape index (κ2) is 4.93. The lowest BCUT2D eigenvalue weighted by molar-refractivity contribution is 0.659. The predicted octanol–water partition coefficient (Wildman–Crippen LogP) is 4.49. The average molecular weight is 290 g/mol. The zero-order valence-corrected chi connectivity index (χ0v) is 12.2. The number of nitrogens with zero attached hydrogens (tertiary/aromatic N) is 1. The van der Waals surface area contributed by atoms with Gasteiger partial charge in [-0.3, -0.25) is 0 Å². The van der Waals surface area contributed by atoms with Crippen LogP contribution in [-0.2, 0) is 6.42 Å². The number of benzene rings is 2. The lowest BCUT2D eigenvalue weighted by atomic mass is 9.77. The van der Waals surface area contributed by atoms with Gasteiger partial charge in [0.2, 0.25) is 0 Å². The maximum atomic E-state index is 5.35. The molecule has 3 heteroatoms.